The van der Waals surface area contributed by atoms with Crippen LogP contribution in [0.25, 0.3) is 0 Å². The van der Waals surface area contributed by atoms with Gasteiger partial charge in [-0.05, 0) is 26.3 Å². The zero-order chi connectivity index (χ0) is 19.5. The van der Waals surface area contributed by atoms with Gasteiger partial charge in [-0.25, -0.2) is 0 Å². The summed E-state index contributed by atoms with van der Waals surface area (Å²) in [5.41, 5.74) is 0.837. The van der Waals surface area contributed by atoms with E-state index in [0.29, 0.717) is 18.8 Å². The van der Waals surface area contributed by atoms with E-state index in [1.54, 1.807) is 12.4 Å². The number of aromatic nitrogens is 3. The number of hydrogen-bond acceptors (Lipinski definition) is 5. The fourth-order valence-corrected chi connectivity index (χ4v) is 2.53. The fraction of sp³-hybridized carbons (Fsp3) is 0.556. The largest absolute Gasteiger partial charge is 0.459 e. The summed E-state index contributed by atoms with van der Waals surface area (Å²) in [5.74, 6) is 1.92. The van der Waals surface area contributed by atoms with Crippen molar-refractivity contribution in [3.8, 4) is 0 Å². The van der Waals surface area contributed by atoms with E-state index in [4.69, 9.17) is 4.42 Å². The first-order chi connectivity index (χ1) is 13.2. The monoisotopic (exact) mass is 375 g/mol. The molecule has 0 aromatic carbocycles. The molecule has 2 aromatic rings. The molecule has 3 N–H and O–H groups in total. The number of guanidine groups is 1. The summed E-state index contributed by atoms with van der Waals surface area (Å²) < 4.78 is 7.20. The van der Waals surface area contributed by atoms with E-state index in [9.17, 15) is 4.79 Å². The highest BCUT2D eigenvalue weighted by atomic mass is 16.3. The molecule has 0 bridgehead atoms. The Labute approximate surface area is 159 Å². The van der Waals surface area contributed by atoms with Crippen LogP contribution in [0.2, 0.25) is 0 Å². The molecule has 0 atom stereocenters. The highest BCUT2D eigenvalue weighted by Gasteiger charge is 2.11. The summed E-state index contributed by atoms with van der Waals surface area (Å²) >= 11 is 0. The van der Waals surface area contributed by atoms with E-state index in [1.807, 2.05) is 18.4 Å². The number of carbonyl (C=O) groups excluding carboxylic acids is 1. The number of carbonyl (C=O) groups is 1. The SMILES string of the molecule is CCNC(=NCCCNC(=O)c1occc1C)NCCn1cnnc1CC. The number of rotatable bonds is 10. The first-order valence-electron chi connectivity index (χ1n) is 9.36. The normalized spacial score (nSPS) is 11.4. The summed E-state index contributed by atoms with van der Waals surface area (Å²) in [7, 11) is 0. The van der Waals surface area contributed by atoms with E-state index < -0.39 is 0 Å². The minimum absolute atomic E-state index is 0.188. The van der Waals surface area contributed by atoms with Crippen LogP contribution in [0.15, 0.2) is 28.1 Å². The lowest BCUT2D eigenvalue weighted by Gasteiger charge is -2.12. The minimum Gasteiger partial charge on any atom is -0.459 e. The van der Waals surface area contributed by atoms with Gasteiger partial charge >= 0.3 is 0 Å². The second-order valence-corrected chi connectivity index (χ2v) is 6.02. The van der Waals surface area contributed by atoms with Crippen molar-refractivity contribution in [2.24, 2.45) is 4.99 Å². The Hall–Kier alpha value is -2.84. The fourth-order valence-electron chi connectivity index (χ4n) is 2.53. The van der Waals surface area contributed by atoms with Crippen LogP contribution in [0, 0.1) is 6.92 Å². The van der Waals surface area contributed by atoms with Crippen LogP contribution in [0.5, 0.6) is 0 Å². The van der Waals surface area contributed by atoms with Crippen molar-refractivity contribution >= 4 is 11.9 Å². The van der Waals surface area contributed by atoms with Crippen molar-refractivity contribution in [2.75, 3.05) is 26.2 Å². The topological polar surface area (TPSA) is 109 Å². The molecule has 2 aromatic heterocycles. The molecule has 2 heterocycles. The van der Waals surface area contributed by atoms with Crippen molar-refractivity contribution in [3.05, 3.63) is 35.8 Å². The van der Waals surface area contributed by atoms with E-state index in [0.717, 1.165) is 49.8 Å². The van der Waals surface area contributed by atoms with Gasteiger partial charge in [-0.2, -0.15) is 0 Å². The second kappa shape index (κ2) is 11.0. The third-order valence-corrected chi connectivity index (χ3v) is 3.96. The standard InChI is InChI=1S/C18H29N7O2/c1-4-15-24-23-13-25(15)11-10-22-18(19-5-2)21-9-6-8-20-17(26)16-14(3)7-12-27-16/h7,12-13H,4-6,8-11H2,1-3H3,(H,20,26)(H2,19,21,22). The number of aliphatic imine (C=N–C) groups is 1. The number of nitrogens with one attached hydrogen (secondary N) is 3. The maximum Gasteiger partial charge on any atom is 0.287 e. The Morgan fingerprint density at radius 1 is 1.26 bits per heavy atom. The lowest BCUT2D eigenvalue weighted by molar-refractivity contribution is 0.0925. The van der Waals surface area contributed by atoms with Gasteiger partial charge in [0.05, 0.1) is 6.26 Å². The lowest BCUT2D eigenvalue weighted by Crippen LogP contribution is -2.39. The molecule has 0 spiro atoms. The van der Waals surface area contributed by atoms with Gasteiger partial charge < -0.3 is 24.9 Å². The number of aryl methyl sites for hydroxylation is 2. The molecule has 2 rings (SSSR count). The number of furan rings is 1. The molecule has 27 heavy (non-hydrogen) atoms. The van der Waals surface area contributed by atoms with Crippen molar-refractivity contribution in [2.45, 2.75) is 40.2 Å². The zero-order valence-corrected chi connectivity index (χ0v) is 16.3. The summed E-state index contributed by atoms with van der Waals surface area (Å²) in [5, 5.41) is 17.4. The van der Waals surface area contributed by atoms with Crippen molar-refractivity contribution in [3.63, 3.8) is 0 Å². The maximum atomic E-state index is 12.0. The van der Waals surface area contributed by atoms with E-state index in [2.05, 4.69) is 38.1 Å². The molecule has 0 fully saturated rings. The average Bonchev–Trinajstić information content (AvgIpc) is 3.29. The number of amides is 1. The second-order valence-electron chi connectivity index (χ2n) is 6.02. The molecule has 0 aliphatic rings. The van der Waals surface area contributed by atoms with Gasteiger partial charge in [-0.1, -0.05) is 6.92 Å². The maximum absolute atomic E-state index is 12.0. The molecule has 9 nitrogen and oxygen atoms in total. The van der Waals surface area contributed by atoms with Gasteiger partial charge in [0.15, 0.2) is 11.7 Å². The van der Waals surface area contributed by atoms with Gasteiger partial charge in [0.25, 0.3) is 5.91 Å². The predicted molar refractivity (Wildman–Crippen MR) is 104 cm³/mol. The van der Waals surface area contributed by atoms with Gasteiger partial charge in [-0.3, -0.25) is 9.79 Å². The van der Waals surface area contributed by atoms with E-state index in [1.165, 1.54) is 6.26 Å². The molecule has 0 saturated heterocycles. The van der Waals surface area contributed by atoms with Crippen molar-refractivity contribution in [1.29, 1.82) is 0 Å². The molecule has 148 valence electrons. The first kappa shape index (κ1) is 20.5. The molecular weight excluding hydrogens is 346 g/mol. The van der Waals surface area contributed by atoms with Crippen LogP contribution >= 0.6 is 0 Å². The van der Waals surface area contributed by atoms with Gasteiger partial charge in [0, 0.05) is 44.7 Å². The average molecular weight is 375 g/mol. The molecule has 0 unspecified atom stereocenters. The summed E-state index contributed by atoms with van der Waals surface area (Å²) in [6, 6.07) is 1.77. The Morgan fingerprint density at radius 2 is 2.11 bits per heavy atom. The molecule has 0 radical (unpaired) electrons. The van der Waals surface area contributed by atoms with Gasteiger partial charge in [0.1, 0.15) is 12.2 Å². The molecule has 1 amide bonds. The third-order valence-electron chi connectivity index (χ3n) is 3.96. The van der Waals surface area contributed by atoms with Crippen LogP contribution in [0.1, 0.15) is 42.2 Å². The lowest BCUT2D eigenvalue weighted by atomic mass is 10.2. The number of hydrogen-bond donors (Lipinski definition) is 3. The Bertz CT molecular complexity index is 736. The van der Waals surface area contributed by atoms with Crippen molar-refractivity contribution < 1.29 is 9.21 Å². The molecule has 0 aliphatic carbocycles. The predicted octanol–water partition coefficient (Wildman–Crippen LogP) is 1.12. The third kappa shape index (κ3) is 6.43. The zero-order valence-electron chi connectivity index (χ0n) is 16.3. The van der Waals surface area contributed by atoms with E-state index in [-0.39, 0.29) is 5.91 Å². The molecular formula is C18H29N7O2. The van der Waals surface area contributed by atoms with Crippen LogP contribution in [-0.2, 0) is 13.0 Å². The van der Waals surface area contributed by atoms with Crippen LogP contribution < -0.4 is 16.0 Å². The van der Waals surface area contributed by atoms with Crippen LogP contribution in [0.3, 0.4) is 0 Å². The van der Waals surface area contributed by atoms with Gasteiger partial charge in [0.2, 0.25) is 0 Å². The van der Waals surface area contributed by atoms with Crippen LogP contribution in [-0.4, -0.2) is 52.8 Å². The summed E-state index contributed by atoms with van der Waals surface area (Å²) in [4.78, 5) is 16.5. The smallest absolute Gasteiger partial charge is 0.287 e. The van der Waals surface area contributed by atoms with Gasteiger partial charge in [-0.15, -0.1) is 10.2 Å². The summed E-state index contributed by atoms with van der Waals surface area (Å²) in [6.07, 6.45) is 4.87. The number of nitrogens with zero attached hydrogens (tertiary/aromatic N) is 4. The molecule has 9 heteroatoms. The molecule has 0 saturated carbocycles. The van der Waals surface area contributed by atoms with E-state index >= 15 is 0 Å². The Kier molecular flexibility index (Phi) is 8.34. The highest BCUT2D eigenvalue weighted by molar-refractivity contribution is 5.92. The Morgan fingerprint density at radius 3 is 2.81 bits per heavy atom. The quantitative estimate of drug-likeness (QED) is 0.326. The summed E-state index contributed by atoms with van der Waals surface area (Å²) in [6.45, 7) is 9.38. The molecule has 0 aliphatic heterocycles. The highest BCUT2D eigenvalue weighted by Crippen LogP contribution is 2.07. The minimum atomic E-state index is -0.188. The van der Waals surface area contributed by atoms with Crippen molar-refractivity contribution in [1.82, 2.24) is 30.7 Å². The Balaban J connectivity index is 1.69. The van der Waals surface area contributed by atoms with Crippen LogP contribution in [0.4, 0.5) is 0 Å². The first-order valence-corrected chi connectivity index (χ1v) is 9.36.